The standard InChI is InChI=1S/C8H9N3OS/c1-6(5-12)13-8-7(4-9)10-2-3-11-8/h2-3,6,12H,5H2,1H3. The molecule has 1 N–H and O–H groups in total. The zero-order chi connectivity index (χ0) is 9.68. The van der Waals surface area contributed by atoms with Crippen LogP contribution in [0.15, 0.2) is 17.4 Å². The highest BCUT2D eigenvalue weighted by Gasteiger charge is 2.08. The Kier molecular flexibility index (Phi) is 3.68. The lowest BCUT2D eigenvalue weighted by Crippen LogP contribution is -2.03. The highest BCUT2D eigenvalue weighted by atomic mass is 32.2. The number of aromatic nitrogens is 2. The van der Waals surface area contributed by atoms with Crippen molar-refractivity contribution in [3.8, 4) is 6.07 Å². The molecule has 4 nitrogen and oxygen atoms in total. The molecule has 68 valence electrons. The molecule has 0 aliphatic carbocycles. The molecule has 0 saturated heterocycles. The van der Waals surface area contributed by atoms with Crippen LogP contribution in [0, 0.1) is 11.3 Å². The highest BCUT2D eigenvalue weighted by molar-refractivity contribution is 7.99. The third-order valence-electron chi connectivity index (χ3n) is 1.34. The maximum absolute atomic E-state index is 8.81. The van der Waals surface area contributed by atoms with Crippen LogP contribution < -0.4 is 0 Å². The van der Waals surface area contributed by atoms with Gasteiger partial charge in [0.1, 0.15) is 11.1 Å². The maximum Gasteiger partial charge on any atom is 0.172 e. The fourth-order valence-corrected chi connectivity index (χ4v) is 1.50. The van der Waals surface area contributed by atoms with Crippen molar-refractivity contribution in [1.82, 2.24) is 9.97 Å². The third kappa shape index (κ3) is 2.68. The number of thioether (sulfide) groups is 1. The van der Waals surface area contributed by atoms with Gasteiger partial charge in [-0.3, -0.25) is 0 Å². The first-order valence-corrected chi connectivity index (χ1v) is 4.64. The molecule has 0 saturated carbocycles. The van der Waals surface area contributed by atoms with Crippen molar-refractivity contribution < 1.29 is 5.11 Å². The Morgan fingerprint density at radius 1 is 1.62 bits per heavy atom. The number of hydrogen-bond acceptors (Lipinski definition) is 5. The molecule has 1 unspecified atom stereocenters. The largest absolute Gasteiger partial charge is 0.395 e. The summed E-state index contributed by atoms with van der Waals surface area (Å²) in [4.78, 5) is 7.86. The topological polar surface area (TPSA) is 69.8 Å². The second-order valence-electron chi connectivity index (χ2n) is 2.43. The molecule has 1 aromatic rings. The van der Waals surface area contributed by atoms with Crippen LogP contribution in [0.1, 0.15) is 12.6 Å². The summed E-state index contributed by atoms with van der Waals surface area (Å²) in [6.45, 7) is 1.92. The first kappa shape index (κ1) is 9.96. The zero-order valence-electron chi connectivity index (χ0n) is 7.14. The van der Waals surface area contributed by atoms with Crippen LogP contribution in [-0.2, 0) is 0 Å². The van der Waals surface area contributed by atoms with E-state index >= 15 is 0 Å². The van der Waals surface area contributed by atoms with Gasteiger partial charge in [-0.05, 0) is 0 Å². The smallest absolute Gasteiger partial charge is 0.172 e. The van der Waals surface area contributed by atoms with Crippen LogP contribution in [-0.4, -0.2) is 26.9 Å². The Hall–Kier alpha value is -1.12. The lowest BCUT2D eigenvalue weighted by Gasteiger charge is -2.06. The van der Waals surface area contributed by atoms with Crippen molar-refractivity contribution in [3.05, 3.63) is 18.1 Å². The molecule has 0 amide bonds. The van der Waals surface area contributed by atoms with Gasteiger partial charge >= 0.3 is 0 Å². The van der Waals surface area contributed by atoms with Crippen LogP contribution in [0.4, 0.5) is 0 Å². The Balaban J connectivity index is 2.82. The third-order valence-corrected chi connectivity index (χ3v) is 2.41. The van der Waals surface area contributed by atoms with Gasteiger partial charge in [-0.25, -0.2) is 9.97 Å². The molecular formula is C8H9N3OS. The van der Waals surface area contributed by atoms with Crippen LogP contribution in [0.25, 0.3) is 0 Å². The minimum Gasteiger partial charge on any atom is -0.395 e. The summed E-state index contributed by atoms with van der Waals surface area (Å²) >= 11 is 1.35. The van der Waals surface area contributed by atoms with Crippen molar-refractivity contribution in [2.24, 2.45) is 0 Å². The van der Waals surface area contributed by atoms with Crippen LogP contribution in [0.2, 0.25) is 0 Å². The van der Waals surface area contributed by atoms with E-state index in [0.717, 1.165) is 0 Å². The van der Waals surface area contributed by atoms with Crippen molar-refractivity contribution in [3.63, 3.8) is 0 Å². The van der Waals surface area contributed by atoms with E-state index in [1.807, 2.05) is 13.0 Å². The van der Waals surface area contributed by atoms with E-state index < -0.39 is 0 Å². The molecule has 0 radical (unpaired) electrons. The molecule has 0 spiro atoms. The number of hydrogen-bond donors (Lipinski definition) is 1. The maximum atomic E-state index is 8.81. The predicted octanol–water partition coefficient (Wildman–Crippen LogP) is 0.821. The normalized spacial score (nSPS) is 12.1. The Labute approximate surface area is 80.6 Å². The zero-order valence-corrected chi connectivity index (χ0v) is 7.95. The summed E-state index contributed by atoms with van der Waals surface area (Å²) < 4.78 is 0. The van der Waals surface area contributed by atoms with E-state index in [0.29, 0.717) is 10.7 Å². The van der Waals surface area contributed by atoms with Crippen molar-refractivity contribution in [1.29, 1.82) is 5.26 Å². The summed E-state index contributed by atoms with van der Waals surface area (Å²) in [5, 5.41) is 18.1. The second-order valence-corrected chi connectivity index (χ2v) is 3.86. The quantitative estimate of drug-likeness (QED) is 0.723. The summed E-state index contributed by atoms with van der Waals surface area (Å²) in [5.74, 6) is 0. The Morgan fingerprint density at radius 3 is 2.92 bits per heavy atom. The van der Waals surface area contributed by atoms with Gasteiger partial charge in [0.25, 0.3) is 0 Å². The van der Waals surface area contributed by atoms with E-state index in [1.54, 1.807) is 0 Å². The van der Waals surface area contributed by atoms with E-state index in [-0.39, 0.29) is 11.9 Å². The molecule has 1 heterocycles. The van der Waals surface area contributed by atoms with Gasteiger partial charge < -0.3 is 5.11 Å². The first-order chi connectivity index (χ1) is 6.27. The molecule has 13 heavy (non-hydrogen) atoms. The molecule has 1 aromatic heterocycles. The van der Waals surface area contributed by atoms with Gasteiger partial charge in [-0.15, -0.1) is 0 Å². The average molecular weight is 195 g/mol. The van der Waals surface area contributed by atoms with E-state index in [1.165, 1.54) is 24.2 Å². The van der Waals surface area contributed by atoms with Gasteiger partial charge in [0.05, 0.1) is 6.61 Å². The van der Waals surface area contributed by atoms with Crippen LogP contribution in [0.3, 0.4) is 0 Å². The van der Waals surface area contributed by atoms with E-state index in [4.69, 9.17) is 10.4 Å². The molecule has 5 heteroatoms. The van der Waals surface area contributed by atoms with Crippen LogP contribution in [0.5, 0.6) is 0 Å². The van der Waals surface area contributed by atoms with Crippen molar-refractivity contribution in [2.75, 3.05) is 6.61 Å². The number of nitrogens with zero attached hydrogens (tertiary/aromatic N) is 3. The van der Waals surface area contributed by atoms with Gasteiger partial charge in [0.15, 0.2) is 5.69 Å². The lowest BCUT2D eigenvalue weighted by molar-refractivity contribution is 0.300. The molecule has 0 aromatic carbocycles. The first-order valence-electron chi connectivity index (χ1n) is 3.76. The van der Waals surface area contributed by atoms with Gasteiger partial charge in [0, 0.05) is 17.6 Å². The predicted molar refractivity (Wildman–Crippen MR) is 49.2 cm³/mol. The van der Waals surface area contributed by atoms with Gasteiger partial charge in [0.2, 0.25) is 0 Å². The number of rotatable bonds is 3. The molecule has 0 bridgehead atoms. The fraction of sp³-hybridized carbons (Fsp3) is 0.375. The second kappa shape index (κ2) is 4.80. The van der Waals surface area contributed by atoms with Crippen molar-refractivity contribution in [2.45, 2.75) is 17.2 Å². The minimum absolute atomic E-state index is 0.0313. The molecule has 1 atom stereocenters. The number of aliphatic hydroxyl groups excluding tert-OH is 1. The monoisotopic (exact) mass is 195 g/mol. The molecular weight excluding hydrogens is 186 g/mol. The van der Waals surface area contributed by atoms with Crippen molar-refractivity contribution >= 4 is 11.8 Å². The number of aliphatic hydroxyl groups is 1. The summed E-state index contributed by atoms with van der Waals surface area (Å²) in [5.41, 5.74) is 0.313. The molecule has 1 rings (SSSR count). The summed E-state index contributed by atoms with van der Waals surface area (Å²) in [6, 6.07) is 1.95. The Morgan fingerprint density at radius 2 is 2.31 bits per heavy atom. The fourth-order valence-electron chi connectivity index (χ4n) is 0.716. The van der Waals surface area contributed by atoms with Gasteiger partial charge in [-0.2, -0.15) is 5.26 Å². The van der Waals surface area contributed by atoms with E-state index in [9.17, 15) is 0 Å². The highest BCUT2D eigenvalue weighted by Crippen LogP contribution is 2.22. The summed E-state index contributed by atoms with van der Waals surface area (Å²) in [6.07, 6.45) is 3.01. The number of nitriles is 1. The average Bonchev–Trinajstić information content (AvgIpc) is 2.18. The summed E-state index contributed by atoms with van der Waals surface area (Å²) in [7, 11) is 0. The van der Waals surface area contributed by atoms with Gasteiger partial charge in [-0.1, -0.05) is 18.7 Å². The Bertz CT molecular complexity index is 323. The van der Waals surface area contributed by atoms with Crippen LogP contribution >= 0.6 is 11.8 Å². The SMILES string of the molecule is CC(CO)Sc1nccnc1C#N. The molecule has 0 aliphatic rings. The van der Waals surface area contributed by atoms with E-state index in [2.05, 4.69) is 9.97 Å². The minimum atomic E-state index is 0.0313. The molecule has 0 aliphatic heterocycles. The molecule has 0 fully saturated rings. The lowest BCUT2D eigenvalue weighted by atomic mass is 10.5.